The highest BCUT2D eigenvalue weighted by Crippen LogP contribution is 2.60. The summed E-state index contributed by atoms with van der Waals surface area (Å²) in [5.41, 5.74) is -0.815. The molecule has 1 aromatic rings. The molecular weight excluding hydrogens is 424 g/mol. The molecule has 168 valence electrons. The summed E-state index contributed by atoms with van der Waals surface area (Å²) >= 11 is 6.24. The molecule has 0 radical (unpaired) electrons. The van der Waals surface area contributed by atoms with E-state index in [9.17, 15) is 19.2 Å². The van der Waals surface area contributed by atoms with Crippen molar-refractivity contribution in [1.82, 2.24) is 4.90 Å². The molecule has 31 heavy (non-hydrogen) atoms. The normalized spacial score (nSPS) is 24.2. The average Bonchev–Trinajstić information content (AvgIpc) is 2.90. The molecule has 1 heterocycles. The Morgan fingerprint density at radius 3 is 2.55 bits per heavy atom. The zero-order valence-electron chi connectivity index (χ0n) is 18.3. The van der Waals surface area contributed by atoms with Crippen LogP contribution in [0.4, 0.5) is 5.69 Å². The van der Waals surface area contributed by atoms with Gasteiger partial charge in [0, 0.05) is 12.0 Å². The molecular formula is C22H27ClN2O6. The number of hydrogen-bond acceptors (Lipinski definition) is 6. The molecule has 2 atom stereocenters. The van der Waals surface area contributed by atoms with E-state index in [4.69, 9.17) is 21.1 Å². The molecule has 1 aliphatic carbocycles. The zero-order chi connectivity index (χ0) is 23.1. The lowest BCUT2D eigenvalue weighted by molar-refractivity contribution is -0.168. The molecule has 1 aromatic carbocycles. The Bertz CT molecular complexity index is 960. The molecule has 0 spiro atoms. The maximum Gasteiger partial charge on any atom is 0.341 e. The maximum absolute atomic E-state index is 13.1. The molecule has 9 heteroatoms. The van der Waals surface area contributed by atoms with Crippen LogP contribution < -0.4 is 10.1 Å². The van der Waals surface area contributed by atoms with E-state index in [0.29, 0.717) is 12.8 Å². The van der Waals surface area contributed by atoms with Crippen LogP contribution in [0.3, 0.4) is 0 Å². The third-order valence-corrected chi connectivity index (χ3v) is 7.18. The number of nitrogens with zero attached hydrogens (tertiary/aromatic N) is 1. The van der Waals surface area contributed by atoms with Crippen molar-refractivity contribution in [2.45, 2.75) is 40.5 Å². The summed E-state index contributed by atoms with van der Waals surface area (Å²) in [6.45, 7) is 7.20. The quantitative estimate of drug-likeness (QED) is 0.527. The summed E-state index contributed by atoms with van der Waals surface area (Å²) in [4.78, 5) is 51.8. The number of rotatable bonds is 6. The zero-order valence-corrected chi connectivity index (χ0v) is 19.1. The highest BCUT2D eigenvalue weighted by atomic mass is 35.5. The SMILES string of the molecule is CCOC(=O)c1cc(Cl)c(NC(=O)CN2C(=O)C3CCC(C)(C2=O)C3(C)C)cc1OC. The molecule has 3 amide bonds. The van der Waals surface area contributed by atoms with Crippen molar-refractivity contribution in [2.24, 2.45) is 16.7 Å². The molecule has 1 saturated heterocycles. The molecule has 1 saturated carbocycles. The van der Waals surface area contributed by atoms with Gasteiger partial charge in [0.15, 0.2) is 0 Å². The van der Waals surface area contributed by atoms with Crippen LogP contribution in [0.5, 0.6) is 5.75 Å². The van der Waals surface area contributed by atoms with Crippen molar-refractivity contribution in [2.75, 3.05) is 25.6 Å². The van der Waals surface area contributed by atoms with Crippen molar-refractivity contribution in [3.8, 4) is 5.75 Å². The third kappa shape index (κ3) is 3.67. The van der Waals surface area contributed by atoms with Gasteiger partial charge >= 0.3 is 5.97 Å². The minimum atomic E-state index is -0.686. The van der Waals surface area contributed by atoms with Gasteiger partial charge in [0.05, 0.1) is 29.8 Å². The standard InChI is InChI=1S/C22H27ClN2O6/c1-6-31-19(28)12-9-14(23)15(10-16(12)30-5)24-17(26)11-25-18(27)13-7-8-22(4,20(25)29)21(13,2)3/h9-10,13H,6-8,11H2,1-5H3,(H,24,26). The number of esters is 1. The van der Waals surface area contributed by atoms with Gasteiger partial charge in [-0.2, -0.15) is 0 Å². The summed E-state index contributed by atoms with van der Waals surface area (Å²) in [7, 11) is 1.38. The van der Waals surface area contributed by atoms with Crippen LogP contribution in [0.2, 0.25) is 5.02 Å². The number of benzene rings is 1. The monoisotopic (exact) mass is 450 g/mol. The molecule has 2 unspecified atom stereocenters. The van der Waals surface area contributed by atoms with Gasteiger partial charge in [-0.1, -0.05) is 32.4 Å². The minimum Gasteiger partial charge on any atom is -0.496 e. The van der Waals surface area contributed by atoms with Gasteiger partial charge < -0.3 is 14.8 Å². The Hall–Kier alpha value is -2.61. The molecule has 1 N–H and O–H groups in total. The number of likely N-dealkylation sites (tertiary alicyclic amines) is 1. The van der Waals surface area contributed by atoms with Gasteiger partial charge in [0.2, 0.25) is 17.7 Å². The Morgan fingerprint density at radius 2 is 1.94 bits per heavy atom. The predicted molar refractivity (Wildman–Crippen MR) is 114 cm³/mol. The second kappa shape index (κ2) is 8.15. The fourth-order valence-corrected chi connectivity index (χ4v) is 4.78. The fourth-order valence-electron chi connectivity index (χ4n) is 4.57. The van der Waals surface area contributed by atoms with Crippen LogP contribution in [0.15, 0.2) is 12.1 Å². The molecule has 8 nitrogen and oxygen atoms in total. The van der Waals surface area contributed by atoms with Crippen molar-refractivity contribution in [3.05, 3.63) is 22.7 Å². The van der Waals surface area contributed by atoms with Gasteiger partial charge in [0.1, 0.15) is 17.9 Å². The number of halogens is 1. The molecule has 2 fully saturated rings. The number of ether oxygens (including phenoxy) is 2. The molecule has 1 aliphatic heterocycles. The van der Waals surface area contributed by atoms with Crippen LogP contribution in [-0.4, -0.2) is 48.9 Å². The number of imide groups is 1. The molecule has 3 rings (SSSR count). The van der Waals surface area contributed by atoms with Crippen LogP contribution in [0.25, 0.3) is 0 Å². The average molecular weight is 451 g/mol. The first-order valence-electron chi connectivity index (χ1n) is 10.2. The number of anilines is 1. The number of methoxy groups -OCH3 is 1. The lowest BCUT2D eigenvalue weighted by Gasteiger charge is -2.47. The van der Waals surface area contributed by atoms with E-state index in [1.165, 1.54) is 19.2 Å². The Kier molecular flexibility index (Phi) is 6.06. The Labute approximate surface area is 186 Å². The number of nitrogens with one attached hydrogen (secondary N) is 1. The van der Waals surface area contributed by atoms with E-state index >= 15 is 0 Å². The van der Waals surface area contributed by atoms with Gasteiger partial charge in [-0.25, -0.2) is 4.79 Å². The molecule has 2 bridgehead atoms. The van der Waals surface area contributed by atoms with Crippen molar-refractivity contribution in [1.29, 1.82) is 0 Å². The van der Waals surface area contributed by atoms with Crippen LogP contribution in [-0.2, 0) is 19.1 Å². The highest BCUT2D eigenvalue weighted by Gasteiger charge is 2.64. The van der Waals surface area contributed by atoms with E-state index < -0.39 is 29.3 Å². The summed E-state index contributed by atoms with van der Waals surface area (Å²) in [6.07, 6.45) is 1.25. The second-order valence-electron chi connectivity index (χ2n) is 8.68. The maximum atomic E-state index is 13.1. The summed E-state index contributed by atoms with van der Waals surface area (Å²) < 4.78 is 10.2. The van der Waals surface area contributed by atoms with Crippen molar-refractivity contribution >= 4 is 41.0 Å². The van der Waals surface area contributed by atoms with Crippen LogP contribution in [0.1, 0.15) is 50.9 Å². The van der Waals surface area contributed by atoms with E-state index in [1.807, 2.05) is 20.8 Å². The van der Waals surface area contributed by atoms with Crippen molar-refractivity contribution < 1.29 is 28.7 Å². The Morgan fingerprint density at radius 1 is 1.26 bits per heavy atom. The number of piperidine rings is 1. The molecule has 2 aliphatic rings. The molecule has 0 aromatic heterocycles. The first-order chi connectivity index (χ1) is 14.5. The summed E-state index contributed by atoms with van der Waals surface area (Å²) in [6, 6.07) is 2.75. The van der Waals surface area contributed by atoms with E-state index in [0.717, 1.165) is 4.90 Å². The highest BCUT2D eigenvalue weighted by molar-refractivity contribution is 6.34. The van der Waals surface area contributed by atoms with Crippen LogP contribution >= 0.6 is 11.6 Å². The Balaban J connectivity index is 1.79. The number of fused-ring (bicyclic) bond motifs is 2. The minimum absolute atomic E-state index is 0.0988. The lowest BCUT2D eigenvalue weighted by atomic mass is 9.62. The smallest absolute Gasteiger partial charge is 0.341 e. The largest absolute Gasteiger partial charge is 0.496 e. The lowest BCUT2D eigenvalue weighted by Crippen LogP contribution is -2.60. The number of carbonyl (C=O) groups excluding carboxylic acids is 4. The number of hydrogen-bond donors (Lipinski definition) is 1. The van der Waals surface area contributed by atoms with E-state index in [-0.39, 0.29) is 46.4 Å². The summed E-state index contributed by atoms with van der Waals surface area (Å²) in [5.74, 6) is -1.94. The number of amides is 3. The second-order valence-corrected chi connectivity index (χ2v) is 9.08. The van der Waals surface area contributed by atoms with Gasteiger partial charge in [-0.3, -0.25) is 19.3 Å². The first kappa shape index (κ1) is 23.1. The number of carbonyl (C=O) groups is 4. The topological polar surface area (TPSA) is 102 Å². The summed E-state index contributed by atoms with van der Waals surface area (Å²) in [5, 5.41) is 2.70. The van der Waals surface area contributed by atoms with Gasteiger partial charge in [-0.05, 0) is 31.2 Å². The van der Waals surface area contributed by atoms with E-state index in [1.54, 1.807) is 6.92 Å². The van der Waals surface area contributed by atoms with Crippen LogP contribution in [0, 0.1) is 16.7 Å². The predicted octanol–water partition coefficient (Wildman–Crippen LogP) is 3.28. The van der Waals surface area contributed by atoms with Gasteiger partial charge in [-0.15, -0.1) is 0 Å². The fraction of sp³-hybridized carbons (Fsp3) is 0.545. The van der Waals surface area contributed by atoms with Gasteiger partial charge in [0.25, 0.3) is 0 Å². The third-order valence-electron chi connectivity index (χ3n) is 6.87. The van der Waals surface area contributed by atoms with E-state index in [2.05, 4.69) is 5.32 Å². The first-order valence-corrected chi connectivity index (χ1v) is 10.6. The van der Waals surface area contributed by atoms with Crippen molar-refractivity contribution in [3.63, 3.8) is 0 Å².